The van der Waals surface area contributed by atoms with E-state index < -0.39 is 0 Å². The predicted octanol–water partition coefficient (Wildman–Crippen LogP) is 2.66. The Kier molecular flexibility index (Phi) is 4.67. The van der Waals surface area contributed by atoms with Crippen molar-refractivity contribution < 1.29 is 14.3 Å². The Labute approximate surface area is 132 Å². The van der Waals surface area contributed by atoms with Gasteiger partial charge in [-0.3, -0.25) is 4.79 Å². The quantitative estimate of drug-likeness (QED) is 0.909. The SMILES string of the molecule is COc1ccccc1C1(CNC(=O)C2CCC2)CCOCC1. The summed E-state index contributed by atoms with van der Waals surface area (Å²) in [6, 6.07) is 8.16. The van der Waals surface area contributed by atoms with Crippen LogP contribution in [-0.2, 0) is 14.9 Å². The number of methoxy groups -OCH3 is 1. The Morgan fingerprint density at radius 3 is 2.68 bits per heavy atom. The molecule has 0 radical (unpaired) electrons. The zero-order valence-corrected chi connectivity index (χ0v) is 13.3. The second kappa shape index (κ2) is 6.69. The fourth-order valence-electron chi connectivity index (χ4n) is 3.46. The van der Waals surface area contributed by atoms with E-state index in [1.807, 2.05) is 18.2 Å². The van der Waals surface area contributed by atoms with Gasteiger partial charge in [-0.1, -0.05) is 24.6 Å². The van der Waals surface area contributed by atoms with Crippen molar-refractivity contribution in [1.82, 2.24) is 5.32 Å². The first kappa shape index (κ1) is 15.3. The molecule has 0 spiro atoms. The van der Waals surface area contributed by atoms with E-state index in [2.05, 4.69) is 11.4 Å². The Morgan fingerprint density at radius 1 is 1.32 bits per heavy atom. The topological polar surface area (TPSA) is 47.6 Å². The van der Waals surface area contributed by atoms with Crippen molar-refractivity contribution in [3.8, 4) is 5.75 Å². The largest absolute Gasteiger partial charge is 0.496 e. The highest BCUT2D eigenvalue weighted by Crippen LogP contribution is 2.39. The monoisotopic (exact) mass is 303 g/mol. The molecule has 1 saturated heterocycles. The number of para-hydroxylation sites is 1. The maximum Gasteiger partial charge on any atom is 0.223 e. The second-order valence-electron chi connectivity index (χ2n) is 6.44. The Balaban J connectivity index is 1.79. The van der Waals surface area contributed by atoms with Crippen LogP contribution in [0.5, 0.6) is 5.75 Å². The molecule has 1 aromatic carbocycles. The van der Waals surface area contributed by atoms with Gasteiger partial charge in [-0.25, -0.2) is 0 Å². The zero-order chi connectivity index (χ0) is 15.4. The Hall–Kier alpha value is -1.55. The molecule has 4 nitrogen and oxygen atoms in total. The van der Waals surface area contributed by atoms with Gasteiger partial charge in [-0.05, 0) is 31.7 Å². The molecular formula is C18H25NO3. The molecule has 2 aliphatic rings. The second-order valence-corrected chi connectivity index (χ2v) is 6.44. The lowest BCUT2D eigenvalue weighted by Crippen LogP contribution is -2.47. The zero-order valence-electron chi connectivity index (χ0n) is 13.3. The molecule has 2 fully saturated rings. The molecular weight excluding hydrogens is 278 g/mol. The summed E-state index contributed by atoms with van der Waals surface area (Å²) >= 11 is 0. The van der Waals surface area contributed by atoms with Gasteiger partial charge in [0.25, 0.3) is 0 Å². The maximum absolute atomic E-state index is 12.2. The van der Waals surface area contributed by atoms with Crippen molar-refractivity contribution in [1.29, 1.82) is 0 Å². The number of carbonyl (C=O) groups excluding carboxylic acids is 1. The summed E-state index contributed by atoms with van der Waals surface area (Å²) in [6.07, 6.45) is 5.09. The summed E-state index contributed by atoms with van der Waals surface area (Å²) in [6.45, 7) is 2.14. The average molecular weight is 303 g/mol. The van der Waals surface area contributed by atoms with Crippen LogP contribution in [0.15, 0.2) is 24.3 Å². The number of hydrogen-bond donors (Lipinski definition) is 1. The van der Waals surface area contributed by atoms with E-state index in [0.29, 0.717) is 6.54 Å². The Morgan fingerprint density at radius 2 is 2.05 bits per heavy atom. The molecule has 1 aromatic rings. The first-order valence-electron chi connectivity index (χ1n) is 8.24. The van der Waals surface area contributed by atoms with Crippen LogP contribution < -0.4 is 10.1 Å². The molecule has 1 amide bonds. The summed E-state index contributed by atoms with van der Waals surface area (Å²) in [5.74, 6) is 1.35. The number of hydrogen-bond acceptors (Lipinski definition) is 3. The van der Waals surface area contributed by atoms with E-state index in [9.17, 15) is 4.79 Å². The van der Waals surface area contributed by atoms with Crippen LogP contribution in [0, 0.1) is 5.92 Å². The van der Waals surface area contributed by atoms with Crippen molar-refractivity contribution in [3.63, 3.8) is 0 Å². The van der Waals surface area contributed by atoms with Gasteiger partial charge in [-0.2, -0.15) is 0 Å². The van der Waals surface area contributed by atoms with Gasteiger partial charge < -0.3 is 14.8 Å². The number of ether oxygens (including phenoxy) is 2. The number of carbonyl (C=O) groups is 1. The molecule has 1 saturated carbocycles. The van der Waals surface area contributed by atoms with Gasteiger partial charge in [0.05, 0.1) is 7.11 Å². The summed E-state index contributed by atoms with van der Waals surface area (Å²) in [7, 11) is 1.71. The fraction of sp³-hybridized carbons (Fsp3) is 0.611. The summed E-state index contributed by atoms with van der Waals surface area (Å²) in [5, 5.41) is 3.19. The molecule has 0 atom stereocenters. The number of nitrogens with one attached hydrogen (secondary N) is 1. The highest BCUT2D eigenvalue weighted by Gasteiger charge is 2.38. The van der Waals surface area contributed by atoms with Crippen molar-refractivity contribution >= 4 is 5.91 Å². The van der Waals surface area contributed by atoms with Crippen LogP contribution in [-0.4, -0.2) is 32.8 Å². The Bertz CT molecular complexity index is 519. The van der Waals surface area contributed by atoms with E-state index in [4.69, 9.17) is 9.47 Å². The lowest BCUT2D eigenvalue weighted by Gasteiger charge is -2.39. The van der Waals surface area contributed by atoms with Crippen LogP contribution in [0.3, 0.4) is 0 Å². The molecule has 0 aromatic heterocycles. The molecule has 120 valence electrons. The van der Waals surface area contributed by atoms with Gasteiger partial charge >= 0.3 is 0 Å². The molecule has 3 rings (SSSR count). The molecule has 22 heavy (non-hydrogen) atoms. The van der Waals surface area contributed by atoms with Crippen LogP contribution >= 0.6 is 0 Å². The van der Waals surface area contributed by atoms with Crippen molar-refractivity contribution in [3.05, 3.63) is 29.8 Å². The van der Waals surface area contributed by atoms with Crippen LogP contribution in [0.1, 0.15) is 37.7 Å². The molecule has 1 aliphatic carbocycles. The number of amides is 1. The van der Waals surface area contributed by atoms with Gasteiger partial charge in [0.15, 0.2) is 0 Å². The highest BCUT2D eigenvalue weighted by atomic mass is 16.5. The molecule has 1 heterocycles. The smallest absolute Gasteiger partial charge is 0.223 e. The fourth-order valence-corrected chi connectivity index (χ4v) is 3.46. The molecule has 1 N–H and O–H groups in total. The van der Waals surface area contributed by atoms with E-state index in [1.54, 1.807) is 7.11 Å². The third-order valence-corrected chi connectivity index (χ3v) is 5.21. The van der Waals surface area contributed by atoms with Crippen LogP contribution in [0.4, 0.5) is 0 Å². The first-order valence-corrected chi connectivity index (χ1v) is 8.24. The summed E-state index contributed by atoms with van der Waals surface area (Å²) < 4.78 is 11.1. The first-order chi connectivity index (χ1) is 10.7. The lowest BCUT2D eigenvalue weighted by atomic mass is 9.73. The number of rotatable bonds is 5. The summed E-state index contributed by atoms with van der Waals surface area (Å²) in [4.78, 5) is 12.2. The molecule has 1 aliphatic heterocycles. The predicted molar refractivity (Wildman–Crippen MR) is 85.1 cm³/mol. The third kappa shape index (κ3) is 2.98. The van der Waals surface area contributed by atoms with Crippen LogP contribution in [0.2, 0.25) is 0 Å². The van der Waals surface area contributed by atoms with E-state index in [-0.39, 0.29) is 17.2 Å². The minimum Gasteiger partial charge on any atom is -0.496 e. The minimum atomic E-state index is -0.0791. The van der Waals surface area contributed by atoms with Crippen molar-refractivity contribution in [2.45, 2.75) is 37.5 Å². The minimum absolute atomic E-state index is 0.0791. The van der Waals surface area contributed by atoms with E-state index >= 15 is 0 Å². The van der Waals surface area contributed by atoms with Crippen LogP contribution in [0.25, 0.3) is 0 Å². The van der Waals surface area contributed by atoms with Crippen molar-refractivity contribution in [2.24, 2.45) is 5.92 Å². The highest BCUT2D eigenvalue weighted by molar-refractivity contribution is 5.79. The number of benzene rings is 1. The van der Waals surface area contributed by atoms with Gasteiger partial charge in [0, 0.05) is 36.7 Å². The maximum atomic E-state index is 12.2. The van der Waals surface area contributed by atoms with Gasteiger partial charge in [0.1, 0.15) is 5.75 Å². The average Bonchev–Trinajstić information content (AvgIpc) is 2.52. The van der Waals surface area contributed by atoms with E-state index in [1.165, 1.54) is 12.0 Å². The standard InChI is InChI=1S/C18H25NO3/c1-21-16-8-3-2-7-15(16)18(9-11-22-12-10-18)13-19-17(20)14-5-4-6-14/h2-3,7-8,14H,4-6,9-13H2,1H3,(H,19,20). The normalized spacial score (nSPS) is 21.0. The van der Waals surface area contributed by atoms with Crippen molar-refractivity contribution in [2.75, 3.05) is 26.9 Å². The summed E-state index contributed by atoms with van der Waals surface area (Å²) in [5.41, 5.74) is 1.11. The lowest BCUT2D eigenvalue weighted by molar-refractivity contribution is -0.127. The van der Waals surface area contributed by atoms with Gasteiger partial charge in [0.2, 0.25) is 5.91 Å². The van der Waals surface area contributed by atoms with E-state index in [0.717, 1.165) is 44.6 Å². The third-order valence-electron chi connectivity index (χ3n) is 5.21. The van der Waals surface area contributed by atoms with Gasteiger partial charge in [-0.15, -0.1) is 0 Å². The molecule has 0 bridgehead atoms. The molecule has 0 unspecified atom stereocenters. The molecule has 4 heteroatoms.